The van der Waals surface area contributed by atoms with Gasteiger partial charge in [-0.05, 0) is 51.6 Å². The molecule has 2 rings (SSSR count). The zero-order valence-corrected chi connectivity index (χ0v) is 14.9. The number of rotatable bonds is 8. The van der Waals surface area contributed by atoms with Gasteiger partial charge >= 0.3 is 5.97 Å². The molecule has 0 aromatic heterocycles. The maximum atomic E-state index is 14.2. The molecule has 0 aliphatic heterocycles. The lowest BCUT2D eigenvalue weighted by atomic mass is 9.87. The van der Waals surface area contributed by atoms with E-state index in [1.807, 2.05) is 0 Å². The number of hydrogen-bond donors (Lipinski definition) is 1. The topological polar surface area (TPSA) is 78.6 Å². The van der Waals surface area contributed by atoms with Gasteiger partial charge in [-0.2, -0.15) is 0 Å². The summed E-state index contributed by atoms with van der Waals surface area (Å²) in [6, 6.07) is 1.80. The molecule has 1 aliphatic carbocycles. The van der Waals surface area contributed by atoms with Crippen molar-refractivity contribution in [3.8, 4) is 5.75 Å². The minimum atomic E-state index is -0.802. The van der Waals surface area contributed by atoms with Gasteiger partial charge in [-0.25, -0.2) is 8.78 Å². The molecule has 1 fully saturated rings. The first kappa shape index (κ1) is 20.3. The number of Topliss-reactive ketones (excluding diaryl/α,β-unsaturated/α-hetero) is 1. The number of carbonyl (C=O) groups excluding carboxylic acids is 2. The summed E-state index contributed by atoms with van der Waals surface area (Å²) in [7, 11) is 0. The highest BCUT2D eigenvalue weighted by Crippen LogP contribution is 2.30. The number of ether oxygens (including phenoxy) is 2. The summed E-state index contributed by atoms with van der Waals surface area (Å²) in [4.78, 5) is 23.6. The Morgan fingerprint density at radius 1 is 1.15 bits per heavy atom. The Bertz CT molecular complexity index is 643. The normalized spacial score (nSPS) is 19.8. The lowest BCUT2D eigenvalue weighted by molar-refractivity contribution is -0.149. The maximum absolute atomic E-state index is 14.2. The van der Waals surface area contributed by atoms with Crippen LogP contribution in [0.3, 0.4) is 0 Å². The van der Waals surface area contributed by atoms with Crippen LogP contribution in [0.4, 0.5) is 8.78 Å². The molecule has 0 atom stereocenters. The minimum absolute atomic E-state index is 0.0743. The fourth-order valence-electron chi connectivity index (χ4n) is 3.09. The van der Waals surface area contributed by atoms with Crippen LogP contribution in [0.5, 0.6) is 5.75 Å². The Kier molecular flexibility index (Phi) is 7.50. The summed E-state index contributed by atoms with van der Waals surface area (Å²) in [6.45, 7) is 2.41. The summed E-state index contributed by atoms with van der Waals surface area (Å²) in [6.07, 6.45) is 2.48. The second-order valence-corrected chi connectivity index (χ2v) is 6.42. The second kappa shape index (κ2) is 9.62. The smallest absolute Gasteiger partial charge is 0.308 e. The second-order valence-electron chi connectivity index (χ2n) is 6.42. The van der Waals surface area contributed by atoms with Crippen molar-refractivity contribution in [1.29, 1.82) is 0 Å². The summed E-state index contributed by atoms with van der Waals surface area (Å²) < 4.78 is 39.0. The molecule has 1 saturated carbocycles. The Morgan fingerprint density at radius 2 is 1.85 bits per heavy atom. The predicted octanol–water partition coefficient (Wildman–Crippen LogP) is 3.39. The van der Waals surface area contributed by atoms with Crippen LogP contribution >= 0.6 is 0 Å². The lowest BCUT2D eigenvalue weighted by Gasteiger charge is -2.28. The van der Waals surface area contributed by atoms with E-state index in [-0.39, 0.29) is 35.7 Å². The Hall–Kier alpha value is -2.02. The number of hydrogen-bond acceptors (Lipinski definition) is 5. The first-order chi connectivity index (χ1) is 12.5. The van der Waals surface area contributed by atoms with Crippen LogP contribution < -0.4 is 10.5 Å². The zero-order chi connectivity index (χ0) is 19.1. The van der Waals surface area contributed by atoms with Crippen LogP contribution in [0.25, 0.3) is 0 Å². The summed E-state index contributed by atoms with van der Waals surface area (Å²) in [5.41, 5.74) is 5.04. The van der Waals surface area contributed by atoms with Crippen molar-refractivity contribution in [1.82, 2.24) is 0 Å². The number of ketones is 1. The molecule has 2 N–H and O–H groups in total. The lowest BCUT2D eigenvalue weighted by Crippen LogP contribution is -2.29. The molecule has 0 heterocycles. The first-order valence-electron chi connectivity index (χ1n) is 9.01. The molecule has 5 nitrogen and oxygen atoms in total. The standard InChI is InChI=1S/C19H25F2NO4/c1-2-25-19(24)12-5-7-13(8-6-12)26-18-11-15(20)14(10-16(18)21)17(23)4-3-9-22/h10-13H,2-9,22H2,1H3. The maximum Gasteiger partial charge on any atom is 0.308 e. The van der Waals surface area contributed by atoms with Gasteiger partial charge in [0.15, 0.2) is 17.3 Å². The summed E-state index contributed by atoms with van der Waals surface area (Å²) in [5.74, 6) is -2.65. The zero-order valence-electron chi connectivity index (χ0n) is 14.9. The fraction of sp³-hybridized carbons (Fsp3) is 0.579. The third kappa shape index (κ3) is 5.24. The van der Waals surface area contributed by atoms with Gasteiger partial charge in [0, 0.05) is 12.5 Å². The monoisotopic (exact) mass is 369 g/mol. The predicted molar refractivity (Wildman–Crippen MR) is 92.0 cm³/mol. The molecule has 7 heteroatoms. The number of nitrogens with two attached hydrogens (primary N) is 1. The van der Waals surface area contributed by atoms with E-state index >= 15 is 0 Å². The van der Waals surface area contributed by atoms with Gasteiger partial charge in [-0.1, -0.05) is 0 Å². The van der Waals surface area contributed by atoms with Crippen molar-refractivity contribution in [3.63, 3.8) is 0 Å². The molecule has 1 aromatic carbocycles. The molecule has 0 radical (unpaired) electrons. The molecule has 0 spiro atoms. The van der Waals surface area contributed by atoms with Gasteiger partial charge in [0.2, 0.25) is 0 Å². The van der Waals surface area contributed by atoms with Gasteiger partial charge < -0.3 is 15.2 Å². The van der Waals surface area contributed by atoms with Crippen molar-refractivity contribution in [2.75, 3.05) is 13.2 Å². The third-order valence-electron chi connectivity index (χ3n) is 4.52. The van der Waals surface area contributed by atoms with Gasteiger partial charge in [-0.15, -0.1) is 0 Å². The average Bonchev–Trinajstić information content (AvgIpc) is 2.63. The number of esters is 1. The number of carbonyl (C=O) groups is 2. The molecule has 0 bridgehead atoms. The number of halogens is 2. The van der Waals surface area contributed by atoms with E-state index in [0.717, 1.165) is 12.1 Å². The average molecular weight is 369 g/mol. The molecule has 0 unspecified atom stereocenters. The Balaban J connectivity index is 1.97. The van der Waals surface area contributed by atoms with E-state index in [2.05, 4.69) is 0 Å². The van der Waals surface area contributed by atoms with Crippen LogP contribution in [0, 0.1) is 17.6 Å². The van der Waals surface area contributed by atoms with Crippen LogP contribution in [0.2, 0.25) is 0 Å². The SMILES string of the molecule is CCOC(=O)C1CCC(Oc2cc(F)c(C(=O)CCCN)cc2F)CC1. The van der Waals surface area contributed by atoms with Crippen molar-refractivity contribution < 1.29 is 27.8 Å². The van der Waals surface area contributed by atoms with Gasteiger partial charge in [-0.3, -0.25) is 9.59 Å². The molecule has 1 aromatic rings. The molecule has 0 amide bonds. The van der Waals surface area contributed by atoms with Crippen LogP contribution in [-0.4, -0.2) is 31.0 Å². The third-order valence-corrected chi connectivity index (χ3v) is 4.52. The Labute approximate surface area is 151 Å². The summed E-state index contributed by atoms with van der Waals surface area (Å²) in [5, 5.41) is 0. The van der Waals surface area contributed by atoms with Gasteiger partial charge in [0.05, 0.1) is 24.2 Å². The molecule has 26 heavy (non-hydrogen) atoms. The highest BCUT2D eigenvalue weighted by atomic mass is 19.1. The van der Waals surface area contributed by atoms with Crippen LogP contribution in [-0.2, 0) is 9.53 Å². The molecular weight excluding hydrogens is 344 g/mol. The van der Waals surface area contributed by atoms with E-state index in [1.54, 1.807) is 6.92 Å². The minimum Gasteiger partial charge on any atom is -0.487 e. The van der Waals surface area contributed by atoms with Crippen molar-refractivity contribution >= 4 is 11.8 Å². The van der Waals surface area contributed by atoms with Gasteiger partial charge in [0.1, 0.15) is 5.82 Å². The Morgan fingerprint density at radius 3 is 2.46 bits per heavy atom. The van der Waals surface area contributed by atoms with Gasteiger partial charge in [0.25, 0.3) is 0 Å². The molecule has 144 valence electrons. The van der Waals surface area contributed by atoms with E-state index in [1.165, 1.54) is 0 Å². The number of benzene rings is 1. The highest BCUT2D eigenvalue weighted by Gasteiger charge is 2.29. The fourth-order valence-corrected chi connectivity index (χ4v) is 3.09. The molecule has 0 saturated heterocycles. The van der Waals surface area contributed by atoms with E-state index in [0.29, 0.717) is 45.3 Å². The van der Waals surface area contributed by atoms with Crippen molar-refractivity contribution in [2.24, 2.45) is 11.7 Å². The van der Waals surface area contributed by atoms with E-state index in [9.17, 15) is 18.4 Å². The van der Waals surface area contributed by atoms with E-state index < -0.39 is 17.4 Å². The highest BCUT2D eigenvalue weighted by molar-refractivity contribution is 5.96. The molecule has 1 aliphatic rings. The summed E-state index contributed by atoms with van der Waals surface area (Å²) >= 11 is 0. The van der Waals surface area contributed by atoms with Crippen LogP contribution in [0.1, 0.15) is 55.8 Å². The quantitative estimate of drug-likeness (QED) is 0.561. The van der Waals surface area contributed by atoms with Crippen molar-refractivity contribution in [3.05, 3.63) is 29.3 Å². The first-order valence-corrected chi connectivity index (χ1v) is 9.01. The largest absolute Gasteiger partial charge is 0.487 e. The van der Waals surface area contributed by atoms with Crippen LogP contribution in [0.15, 0.2) is 12.1 Å². The van der Waals surface area contributed by atoms with Crippen molar-refractivity contribution in [2.45, 2.75) is 51.6 Å². The van der Waals surface area contributed by atoms with E-state index in [4.69, 9.17) is 15.2 Å². The molecular formula is C19H25F2NO4.